The van der Waals surface area contributed by atoms with E-state index < -0.39 is 5.41 Å². The number of hydrogen-bond acceptors (Lipinski definition) is 2. The fraction of sp³-hybridized carbons (Fsp3) is 0.364. The number of hydrogen-bond donors (Lipinski definition) is 2. The van der Waals surface area contributed by atoms with E-state index in [1.807, 2.05) is 30.3 Å². The number of anilines is 1. The highest BCUT2D eigenvalue weighted by molar-refractivity contribution is 6.31. The van der Waals surface area contributed by atoms with Gasteiger partial charge in [-0.15, -0.1) is 0 Å². The van der Waals surface area contributed by atoms with Crippen molar-refractivity contribution < 1.29 is 9.59 Å². The van der Waals surface area contributed by atoms with Gasteiger partial charge in [-0.1, -0.05) is 55.2 Å². The maximum absolute atomic E-state index is 13.6. The number of rotatable bonds is 2. The molecule has 0 aromatic heterocycles. The zero-order valence-electron chi connectivity index (χ0n) is 15.8. The fourth-order valence-electron chi connectivity index (χ4n) is 4.97. The number of halogens is 2. The SMILES string of the molecule is CC(C)[C@H]1CNC(=O)C[C@H](c2cccc(Cl)c2)[C@]12C(=O)Nc1cc(Cl)ccc12. The number of carbonyl (C=O) groups is 2. The maximum atomic E-state index is 13.6. The second-order valence-electron chi connectivity index (χ2n) is 7.98. The van der Waals surface area contributed by atoms with Crippen LogP contribution in [0, 0.1) is 11.8 Å². The van der Waals surface area contributed by atoms with E-state index in [0.29, 0.717) is 16.6 Å². The summed E-state index contributed by atoms with van der Waals surface area (Å²) in [5.74, 6) is -0.367. The van der Waals surface area contributed by atoms with Crippen molar-refractivity contribution in [2.45, 2.75) is 31.6 Å². The number of fused-ring (bicyclic) bond motifs is 2. The molecule has 0 saturated carbocycles. The topological polar surface area (TPSA) is 58.2 Å². The summed E-state index contributed by atoms with van der Waals surface area (Å²) in [6, 6.07) is 13.0. The Morgan fingerprint density at radius 3 is 2.54 bits per heavy atom. The molecule has 146 valence electrons. The Balaban J connectivity index is 2.02. The van der Waals surface area contributed by atoms with Crippen molar-refractivity contribution in [2.24, 2.45) is 11.8 Å². The summed E-state index contributed by atoms with van der Waals surface area (Å²) in [4.78, 5) is 26.3. The third-order valence-corrected chi connectivity index (χ3v) is 6.62. The van der Waals surface area contributed by atoms with Gasteiger partial charge in [0.15, 0.2) is 0 Å². The predicted octanol–water partition coefficient (Wildman–Crippen LogP) is 4.76. The normalized spacial score (nSPS) is 26.8. The molecule has 0 aliphatic carbocycles. The van der Waals surface area contributed by atoms with E-state index in [0.717, 1.165) is 16.8 Å². The molecule has 6 heteroatoms. The Labute approximate surface area is 174 Å². The minimum atomic E-state index is -0.877. The molecule has 0 radical (unpaired) electrons. The molecular weight excluding hydrogens is 395 g/mol. The van der Waals surface area contributed by atoms with E-state index in [4.69, 9.17) is 23.2 Å². The molecule has 2 aromatic rings. The van der Waals surface area contributed by atoms with Crippen LogP contribution < -0.4 is 10.6 Å². The first-order chi connectivity index (χ1) is 13.3. The van der Waals surface area contributed by atoms with Gasteiger partial charge in [-0.3, -0.25) is 9.59 Å². The van der Waals surface area contributed by atoms with E-state index >= 15 is 0 Å². The lowest BCUT2D eigenvalue weighted by Gasteiger charge is -2.42. The van der Waals surface area contributed by atoms with Crippen molar-refractivity contribution in [1.82, 2.24) is 5.32 Å². The molecule has 0 unspecified atom stereocenters. The maximum Gasteiger partial charge on any atom is 0.236 e. The van der Waals surface area contributed by atoms with Crippen LogP contribution in [0.4, 0.5) is 5.69 Å². The van der Waals surface area contributed by atoms with E-state index in [9.17, 15) is 9.59 Å². The molecule has 4 nitrogen and oxygen atoms in total. The Morgan fingerprint density at radius 2 is 1.82 bits per heavy atom. The first-order valence-electron chi connectivity index (χ1n) is 9.47. The van der Waals surface area contributed by atoms with Crippen LogP contribution in [0.2, 0.25) is 10.0 Å². The minimum absolute atomic E-state index is 0.0530. The van der Waals surface area contributed by atoms with Gasteiger partial charge in [0, 0.05) is 34.6 Å². The van der Waals surface area contributed by atoms with Crippen LogP contribution in [0.15, 0.2) is 42.5 Å². The highest BCUT2D eigenvalue weighted by Gasteiger charge is 2.59. The molecule has 2 heterocycles. The van der Waals surface area contributed by atoms with Crippen LogP contribution in [0.25, 0.3) is 0 Å². The summed E-state index contributed by atoms with van der Waals surface area (Å²) in [5, 5.41) is 7.23. The molecule has 0 bridgehead atoms. The molecule has 1 fully saturated rings. The van der Waals surface area contributed by atoms with Crippen molar-refractivity contribution >= 4 is 40.7 Å². The zero-order valence-corrected chi connectivity index (χ0v) is 17.3. The van der Waals surface area contributed by atoms with Gasteiger partial charge in [0.1, 0.15) is 0 Å². The van der Waals surface area contributed by atoms with Crippen LogP contribution in [0.5, 0.6) is 0 Å². The summed E-state index contributed by atoms with van der Waals surface area (Å²) < 4.78 is 0. The Hall–Kier alpha value is -2.04. The van der Waals surface area contributed by atoms with Crippen LogP contribution in [0.1, 0.15) is 37.3 Å². The third-order valence-electron chi connectivity index (χ3n) is 6.15. The Kier molecular flexibility index (Phi) is 4.88. The highest BCUT2D eigenvalue weighted by atomic mass is 35.5. The predicted molar refractivity (Wildman–Crippen MR) is 112 cm³/mol. The molecule has 4 rings (SSSR count). The average molecular weight is 417 g/mol. The number of amides is 2. The van der Waals surface area contributed by atoms with Gasteiger partial charge in [-0.05, 0) is 47.2 Å². The van der Waals surface area contributed by atoms with Gasteiger partial charge in [-0.2, -0.15) is 0 Å². The second-order valence-corrected chi connectivity index (χ2v) is 8.85. The van der Waals surface area contributed by atoms with Crippen LogP contribution in [0.3, 0.4) is 0 Å². The van der Waals surface area contributed by atoms with Crippen molar-refractivity contribution in [2.75, 3.05) is 11.9 Å². The van der Waals surface area contributed by atoms with Gasteiger partial charge in [0.05, 0.1) is 5.41 Å². The monoisotopic (exact) mass is 416 g/mol. The second kappa shape index (κ2) is 7.09. The van der Waals surface area contributed by atoms with Gasteiger partial charge < -0.3 is 10.6 Å². The highest BCUT2D eigenvalue weighted by Crippen LogP contribution is 2.56. The average Bonchev–Trinajstić information content (AvgIpc) is 2.80. The first-order valence-corrected chi connectivity index (χ1v) is 10.2. The quantitative estimate of drug-likeness (QED) is 0.741. The van der Waals surface area contributed by atoms with Crippen molar-refractivity contribution in [3.63, 3.8) is 0 Å². The summed E-state index contributed by atoms with van der Waals surface area (Å²) in [6.45, 7) is 4.64. The van der Waals surface area contributed by atoms with Crippen molar-refractivity contribution in [1.29, 1.82) is 0 Å². The van der Waals surface area contributed by atoms with E-state index in [1.54, 1.807) is 12.1 Å². The molecule has 28 heavy (non-hydrogen) atoms. The molecule has 1 saturated heterocycles. The molecular formula is C22H22Cl2N2O2. The molecule has 2 aromatic carbocycles. The molecule has 3 atom stereocenters. The minimum Gasteiger partial charge on any atom is -0.356 e. The van der Waals surface area contributed by atoms with Crippen molar-refractivity contribution in [3.8, 4) is 0 Å². The first kappa shape index (κ1) is 19.3. The van der Waals surface area contributed by atoms with Gasteiger partial charge in [0.25, 0.3) is 0 Å². The van der Waals surface area contributed by atoms with Gasteiger partial charge in [-0.25, -0.2) is 0 Å². The molecule has 2 aliphatic rings. The third kappa shape index (κ3) is 2.90. The molecule has 1 spiro atoms. The lowest BCUT2D eigenvalue weighted by Crippen LogP contribution is -2.50. The van der Waals surface area contributed by atoms with E-state index in [1.165, 1.54) is 0 Å². The van der Waals surface area contributed by atoms with Crippen LogP contribution in [-0.4, -0.2) is 18.4 Å². The Bertz CT molecular complexity index is 959. The fourth-order valence-corrected chi connectivity index (χ4v) is 5.34. The molecule has 2 N–H and O–H groups in total. The van der Waals surface area contributed by atoms with Gasteiger partial charge >= 0.3 is 0 Å². The number of nitrogens with one attached hydrogen (secondary N) is 2. The summed E-state index contributed by atoms with van der Waals surface area (Å²) in [5.41, 5.74) is 1.65. The standard InChI is InChI=1S/C22H22Cl2N2O2/c1-12(2)18-11-25-20(27)10-17(13-4-3-5-14(23)8-13)22(18)16-7-6-15(24)9-19(16)26-21(22)28/h3-9,12,17-18H,10-11H2,1-2H3,(H,25,27)(H,26,28)/t17-,18-,22+/m1/s1. The van der Waals surface area contributed by atoms with Gasteiger partial charge in [0.2, 0.25) is 11.8 Å². The summed E-state index contributed by atoms with van der Waals surface area (Å²) in [6.07, 6.45) is 0.221. The summed E-state index contributed by atoms with van der Waals surface area (Å²) >= 11 is 12.5. The summed E-state index contributed by atoms with van der Waals surface area (Å²) in [7, 11) is 0. The Morgan fingerprint density at radius 1 is 1.07 bits per heavy atom. The number of carbonyl (C=O) groups excluding carboxylic acids is 2. The van der Waals surface area contributed by atoms with E-state index in [-0.39, 0.29) is 36.0 Å². The smallest absolute Gasteiger partial charge is 0.236 e. The number of benzene rings is 2. The molecule has 2 amide bonds. The largest absolute Gasteiger partial charge is 0.356 e. The van der Waals surface area contributed by atoms with Crippen LogP contribution in [-0.2, 0) is 15.0 Å². The van der Waals surface area contributed by atoms with E-state index in [2.05, 4.69) is 24.5 Å². The zero-order chi connectivity index (χ0) is 20.1. The lowest BCUT2D eigenvalue weighted by atomic mass is 9.58. The lowest BCUT2D eigenvalue weighted by molar-refractivity contribution is -0.124. The van der Waals surface area contributed by atoms with Crippen molar-refractivity contribution in [3.05, 3.63) is 63.6 Å². The molecule has 2 aliphatic heterocycles. The van der Waals surface area contributed by atoms with Crippen LogP contribution >= 0.6 is 23.2 Å².